The number of thiophene rings is 1. The number of carbonyl (C=O) groups excluding carboxylic acids is 1. The second-order valence-electron chi connectivity index (χ2n) is 6.68. The predicted octanol–water partition coefficient (Wildman–Crippen LogP) is 4.14. The molecule has 1 aliphatic heterocycles. The first kappa shape index (κ1) is 19.1. The third kappa shape index (κ3) is 3.82. The summed E-state index contributed by atoms with van der Waals surface area (Å²) in [6.07, 6.45) is 2.70. The predicted molar refractivity (Wildman–Crippen MR) is 115 cm³/mol. The number of sulfonamides is 1. The van der Waals surface area contributed by atoms with E-state index in [-0.39, 0.29) is 5.91 Å². The molecule has 0 unspecified atom stereocenters. The van der Waals surface area contributed by atoms with E-state index in [1.807, 2.05) is 24.4 Å². The molecule has 0 bridgehead atoms. The molecule has 0 spiro atoms. The Hall–Kier alpha value is -2.23. The summed E-state index contributed by atoms with van der Waals surface area (Å²) < 4.78 is 25.3. The lowest BCUT2D eigenvalue weighted by Crippen LogP contribution is -2.34. The molecule has 0 fully saturated rings. The Morgan fingerprint density at radius 3 is 2.79 bits per heavy atom. The molecule has 0 atom stereocenters. The van der Waals surface area contributed by atoms with E-state index < -0.39 is 10.0 Å². The normalized spacial score (nSPS) is 14.0. The minimum absolute atomic E-state index is 0.248. The Bertz CT molecular complexity index is 1150. The van der Waals surface area contributed by atoms with Crippen molar-refractivity contribution in [1.29, 1.82) is 0 Å². The van der Waals surface area contributed by atoms with Gasteiger partial charge in [0, 0.05) is 22.4 Å². The van der Waals surface area contributed by atoms with Gasteiger partial charge >= 0.3 is 0 Å². The molecule has 28 heavy (non-hydrogen) atoms. The average Bonchev–Trinajstić information content (AvgIpc) is 3.28. The molecular formula is C19H19N3O3S3. The summed E-state index contributed by atoms with van der Waals surface area (Å²) in [5.74, 6) is -0.248. The molecule has 0 aliphatic carbocycles. The zero-order valence-electron chi connectivity index (χ0n) is 15.4. The molecule has 6 nitrogen and oxygen atoms in total. The number of amides is 1. The van der Waals surface area contributed by atoms with Crippen molar-refractivity contribution in [3.05, 3.63) is 51.7 Å². The number of anilines is 2. The van der Waals surface area contributed by atoms with Crippen molar-refractivity contribution in [3.63, 3.8) is 0 Å². The van der Waals surface area contributed by atoms with Crippen molar-refractivity contribution >= 4 is 49.4 Å². The van der Waals surface area contributed by atoms with Crippen LogP contribution in [0.15, 0.2) is 35.7 Å². The summed E-state index contributed by atoms with van der Waals surface area (Å²) in [6.45, 7) is 2.52. The molecule has 3 aromatic rings. The first-order valence-corrected chi connectivity index (χ1v) is 12.3. The van der Waals surface area contributed by atoms with E-state index in [9.17, 15) is 13.2 Å². The number of thiazole rings is 1. The van der Waals surface area contributed by atoms with Crippen molar-refractivity contribution in [3.8, 4) is 10.6 Å². The molecule has 146 valence electrons. The van der Waals surface area contributed by atoms with Gasteiger partial charge in [0.2, 0.25) is 10.0 Å². The molecule has 2 aromatic heterocycles. The van der Waals surface area contributed by atoms with Crippen LogP contribution in [0.3, 0.4) is 0 Å². The Balaban J connectivity index is 1.54. The number of carbonyl (C=O) groups is 1. The van der Waals surface area contributed by atoms with Crippen LogP contribution in [0, 0.1) is 6.92 Å². The van der Waals surface area contributed by atoms with E-state index in [1.165, 1.54) is 26.8 Å². The lowest BCUT2D eigenvalue weighted by molar-refractivity contribution is 0.102. The molecule has 0 radical (unpaired) electrons. The molecule has 0 saturated carbocycles. The van der Waals surface area contributed by atoms with Crippen LogP contribution >= 0.6 is 22.7 Å². The molecular weight excluding hydrogens is 414 g/mol. The largest absolute Gasteiger partial charge is 0.298 e. The maximum atomic E-state index is 12.7. The second-order valence-corrected chi connectivity index (χ2v) is 10.7. The van der Waals surface area contributed by atoms with Gasteiger partial charge in [-0.2, -0.15) is 0 Å². The van der Waals surface area contributed by atoms with Gasteiger partial charge in [0.05, 0.1) is 22.5 Å². The molecule has 4 rings (SSSR count). The number of benzene rings is 1. The summed E-state index contributed by atoms with van der Waals surface area (Å²) in [5.41, 5.74) is 2.89. The van der Waals surface area contributed by atoms with Gasteiger partial charge in [0.1, 0.15) is 0 Å². The van der Waals surface area contributed by atoms with Gasteiger partial charge in [0.25, 0.3) is 5.91 Å². The maximum absolute atomic E-state index is 12.7. The summed E-state index contributed by atoms with van der Waals surface area (Å²) in [4.78, 5) is 19.4. The first-order valence-electron chi connectivity index (χ1n) is 8.75. The molecule has 1 aliphatic rings. The quantitative estimate of drug-likeness (QED) is 0.670. The molecule has 1 N–H and O–H groups in total. The molecule has 1 amide bonds. The fourth-order valence-electron chi connectivity index (χ4n) is 3.23. The van der Waals surface area contributed by atoms with E-state index in [4.69, 9.17) is 0 Å². The Kier molecular flexibility index (Phi) is 4.98. The van der Waals surface area contributed by atoms with Crippen molar-refractivity contribution < 1.29 is 13.2 Å². The summed E-state index contributed by atoms with van der Waals surface area (Å²) in [5, 5.41) is 5.32. The fourth-order valence-corrected chi connectivity index (χ4v) is 5.84. The van der Waals surface area contributed by atoms with Crippen LogP contribution in [-0.2, 0) is 16.4 Å². The van der Waals surface area contributed by atoms with Gasteiger partial charge < -0.3 is 0 Å². The smallest absolute Gasteiger partial charge is 0.257 e. The van der Waals surface area contributed by atoms with Crippen molar-refractivity contribution in [2.75, 3.05) is 22.4 Å². The highest BCUT2D eigenvalue weighted by molar-refractivity contribution is 7.92. The number of aromatic nitrogens is 1. The van der Waals surface area contributed by atoms with Gasteiger partial charge in [-0.15, -0.1) is 22.7 Å². The number of hydrogen-bond acceptors (Lipinski definition) is 6. The van der Waals surface area contributed by atoms with Crippen molar-refractivity contribution in [2.24, 2.45) is 0 Å². The zero-order valence-corrected chi connectivity index (χ0v) is 17.9. The first-order chi connectivity index (χ1) is 13.3. The minimum atomic E-state index is -3.32. The van der Waals surface area contributed by atoms with E-state index in [0.29, 0.717) is 22.9 Å². The molecule has 3 heterocycles. The van der Waals surface area contributed by atoms with Crippen LogP contribution in [0.2, 0.25) is 0 Å². The van der Waals surface area contributed by atoms with Crippen LogP contribution < -0.4 is 9.62 Å². The van der Waals surface area contributed by atoms with E-state index in [0.717, 1.165) is 29.0 Å². The van der Waals surface area contributed by atoms with E-state index in [2.05, 4.69) is 10.3 Å². The third-order valence-electron chi connectivity index (χ3n) is 4.54. The second kappa shape index (κ2) is 7.31. The highest BCUT2D eigenvalue weighted by Gasteiger charge is 2.24. The number of nitrogens with zero attached hydrogens (tertiary/aromatic N) is 2. The van der Waals surface area contributed by atoms with Crippen molar-refractivity contribution in [1.82, 2.24) is 4.98 Å². The van der Waals surface area contributed by atoms with Gasteiger partial charge in [0.15, 0.2) is 5.13 Å². The van der Waals surface area contributed by atoms with Crippen LogP contribution in [0.25, 0.3) is 10.6 Å². The van der Waals surface area contributed by atoms with Crippen LogP contribution in [0.4, 0.5) is 10.8 Å². The van der Waals surface area contributed by atoms with Crippen LogP contribution in [-0.4, -0.2) is 32.1 Å². The number of nitrogens with one attached hydrogen (secondary N) is 1. The van der Waals surface area contributed by atoms with Gasteiger partial charge in [-0.1, -0.05) is 0 Å². The number of fused-ring (bicyclic) bond motifs is 1. The Labute approximate surface area is 171 Å². The maximum Gasteiger partial charge on any atom is 0.257 e. The van der Waals surface area contributed by atoms with Gasteiger partial charge in [-0.05, 0) is 55.7 Å². The summed E-state index contributed by atoms with van der Waals surface area (Å²) >= 11 is 3.05. The summed E-state index contributed by atoms with van der Waals surface area (Å²) in [6, 6.07) is 9.22. The highest BCUT2D eigenvalue weighted by Crippen LogP contribution is 2.32. The zero-order chi connectivity index (χ0) is 19.9. The van der Waals surface area contributed by atoms with Crippen molar-refractivity contribution in [2.45, 2.75) is 19.8 Å². The standard InChI is InChI=1S/C19H19N3O3S3/c1-12-5-8-17(27-12)15-11-26-19(20-15)21-18(23)14-6-7-16-13(10-14)4-3-9-22(16)28(2,24)25/h5-8,10-11H,3-4,9H2,1-2H3,(H,20,21,23). The minimum Gasteiger partial charge on any atom is -0.298 e. The van der Waals surface area contributed by atoms with Crippen LogP contribution in [0.5, 0.6) is 0 Å². The number of rotatable bonds is 4. The average molecular weight is 434 g/mol. The Morgan fingerprint density at radius 2 is 2.07 bits per heavy atom. The number of aryl methyl sites for hydroxylation is 2. The Morgan fingerprint density at radius 1 is 1.25 bits per heavy atom. The third-order valence-corrected chi connectivity index (χ3v) is 7.50. The van der Waals surface area contributed by atoms with Gasteiger partial charge in [-0.3, -0.25) is 14.4 Å². The number of hydrogen-bond donors (Lipinski definition) is 1. The topological polar surface area (TPSA) is 79.4 Å². The molecule has 9 heteroatoms. The van der Waals surface area contributed by atoms with E-state index in [1.54, 1.807) is 29.5 Å². The SMILES string of the molecule is Cc1ccc(-c2csc(NC(=O)c3ccc4c(c3)CCCN4S(C)(=O)=O)n2)s1. The fraction of sp³-hybridized carbons (Fsp3) is 0.263. The molecule has 0 saturated heterocycles. The van der Waals surface area contributed by atoms with E-state index >= 15 is 0 Å². The summed E-state index contributed by atoms with van der Waals surface area (Å²) in [7, 11) is -3.32. The highest BCUT2D eigenvalue weighted by atomic mass is 32.2. The monoisotopic (exact) mass is 433 g/mol. The lowest BCUT2D eigenvalue weighted by Gasteiger charge is -2.29. The van der Waals surface area contributed by atoms with Crippen LogP contribution in [0.1, 0.15) is 27.2 Å². The molecule has 1 aromatic carbocycles. The lowest BCUT2D eigenvalue weighted by atomic mass is 10.0. The van der Waals surface area contributed by atoms with Gasteiger partial charge in [-0.25, -0.2) is 13.4 Å².